The molecule has 0 spiro atoms. The van der Waals surface area contributed by atoms with Gasteiger partial charge >= 0.3 is 5.97 Å². The predicted octanol–water partition coefficient (Wildman–Crippen LogP) is 4.31. The van der Waals surface area contributed by atoms with Gasteiger partial charge in [-0.05, 0) is 37.0 Å². The molecular formula is C18H27FO3. The monoisotopic (exact) mass is 310 g/mol. The van der Waals surface area contributed by atoms with E-state index in [2.05, 4.69) is 13.8 Å². The average molecular weight is 310 g/mol. The standard InChI is InChI=1S/C18H27FO3/c1-5-18(20)22-14(4)17(12-21-11-10-13(2)3)15-6-8-16(19)9-7-15/h6-9,13-14,17H,5,10-12H2,1-4H3. The zero-order chi connectivity index (χ0) is 16.5. The zero-order valence-electron chi connectivity index (χ0n) is 14.0. The Kier molecular flexibility index (Phi) is 8.10. The van der Waals surface area contributed by atoms with Gasteiger partial charge in [0.25, 0.3) is 0 Å². The van der Waals surface area contributed by atoms with Crippen molar-refractivity contribution in [2.45, 2.75) is 52.6 Å². The van der Waals surface area contributed by atoms with E-state index in [1.54, 1.807) is 19.1 Å². The third-order valence-electron chi connectivity index (χ3n) is 3.61. The largest absolute Gasteiger partial charge is 0.462 e. The van der Waals surface area contributed by atoms with E-state index in [1.807, 2.05) is 6.92 Å². The highest BCUT2D eigenvalue weighted by Crippen LogP contribution is 2.23. The Labute approximate surface area is 132 Å². The van der Waals surface area contributed by atoms with E-state index < -0.39 is 0 Å². The first-order chi connectivity index (χ1) is 10.4. The van der Waals surface area contributed by atoms with Crippen LogP contribution in [0.2, 0.25) is 0 Å². The highest BCUT2D eigenvalue weighted by molar-refractivity contribution is 5.69. The van der Waals surface area contributed by atoms with Crippen molar-refractivity contribution in [3.63, 3.8) is 0 Å². The minimum absolute atomic E-state index is 0.0942. The molecule has 0 bridgehead atoms. The van der Waals surface area contributed by atoms with Crippen molar-refractivity contribution in [1.29, 1.82) is 0 Å². The van der Waals surface area contributed by atoms with E-state index in [0.717, 1.165) is 12.0 Å². The van der Waals surface area contributed by atoms with Crippen LogP contribution in [-0.2, 0) is 14.3 Å². The Morgan fingerprint density at radius 3 is 2.36 bits per heavy atom. The number of hydrogen-bond acceptors (Lipinski definition) is 3. The molecule has 0 aliphatic heterocycles. The molecule has 0 amide bonds. The summed E-state index contributed by atoms with van der Waals surface area (Å²) in [6, 6.07) is 6.29. The van der Waals surface area contributed by atoms with E-state index in [1.165, 1.54) is 12.1 Å². The van der Waals surface area contributed by atoms with Crippen molar-refractivity contribution in [3.05, 3.63) is 35.6 Å². The SMILES string of the molecule is CCC(=O)OC(C)C(COCCC(C)C)c1ccc(F)cc1. The van der Waals surface area contributed by atoms with Crippen LogP contribution in [0.1, 0.15) is 52.0 Å². The van der Waals surface area contributed by atoms with Crippen LogP contribution < -0.4 is 0 Å². The summed E-state index contributed by atoms with van der Waals surface area (Å²) in [7, 11) is 0. The van der Waals surface area contributed by atoms with Crippen molar-refractivity contribution in [1.82, 2.24) is 0 Å². The van der Waals surface area contributed by atoms with Gasteiger partial charge in [0.1, 0.15) is 11.9 Å². The lowest BCUT2D eigenvalue weighted by molar-refractivity contribution is -0.149. The van der Waals surface area contributed by atoms with Gasteiger partial charge in [-0.2, -0.15) is 0 Å². The maximum absolute atomic E-state index is 13.1. The molecule has 0 aliphatic carbocycles. The maximum atomic E-state index is 13.1. The second kappa shape index (κ2) is 9.57. The first kappa shape index (κ1) is 18.6. The summed E-state index contributed by atoms with van der Waals surface area (Å²) in [5.41, 5.74) is 0.919. The number of halogens is 1. The second-order valence-electron chi connectivity index (χ2n) is 5.96. The van der Waals surface area contributed by atoms with Gasteiger partial charge in [0.05, 0.1) is 6.61 Å². The molecule has 124 valence electrons. The van der Waals surface area contributed by atoms with E-state index in [4.69, 9.17) is 9.47 Å². The topological polar surface area (TPSA) is 35.5 Å². The molecule has 2 unspecified atom stereocenters. The molecule has 4 heteroatoms. The van der Waals surface area contributed by atoms with Crippen LogP contribution in [0.4, 0.5) is 4.39 Å². The van der Waals surface area contributed by atoms with Gasteiger partial charge in [0, 0.05) is 18.9 Å². The average Bonchev–Trinajstić information content (AvgIpc) is 2.48. The van der Waals surface area contributed by atoms with Crippen LogP contribution >= 0.6 is 0 Å². The zero-order valence-corrected chi connectivity index (χ0v) is 14.0. The quantitative estimate of drug-likeness (QED) is 0.503. The molecule has 0 radical (unpaired) electrons. The van der Waals surface area contributed by atoms with Crippen LogP contribution in [0.5, 0.6) is 0 Å². The van der Waals surface area contributed by atoms with E-state index in [-0.39, 0.29) is 23.8 Å². The summed E-state index contributed by atoms with van der Waals surface area (Å²) in [6.45, 7) is 9.04. The van der Waals surface area contributed by atoms with Crippen molar-refractivity contribution in [3.8, 4) is 0 Å². The van der Waals surface area contributed by atoms with E-state index in [0.29, 0.717) is 25.6 Å². The smallest absolute Gasteiger partial charge is 0.305 e. The van der Waals surface area contributed by atoms with Crippen LogP contribution in [0.3, 0.4) is 0 Å². The number of ether oxygens (including phenoxy) is 2. The first-order valence-electron chi connectivity index (χ1n) is 7.96. The molecule has 3 nitrogen and oxygen atoms in total. The number of hydrogen-bond donors (Lipinski definition) is 0. The highest BCUT2D eigenvalue weighted by Gasteiger charge is 2.23. The molecule has 22 heavy (non-hydrogen) atoms. The number of carbonyl (C=O) groups excluding carboxylic acids is 1. The highest BCUT2D eigenvalue weighted by atomic mass is 19.1. The summed E-state index contributed by atoms with van der Waals surface area (Å²) < 4.78 is 24.2. The van der Waals surface area contributed by atoms with E-state index >= 15 is 0 Å². The van der Waals surface area contributed by atoms with Gasteiger partial charge in [-0.15, -0.1) is 0 Å². The van der Waals surface area contributed by atoms with Gasteiger partial charge in [0.2, 0.25) is 0 Å². The fraction of sp³-hybridized carbons (Fsp3) is 0.611. The van der Waals surface area contributed by atoms with Crippen LogP contribution in [0.15, 0.2) is 24.3 Å². The van der Waals surface area contributed by atoms with E-state index in [9.17, 15) is 9.18 Å². The summed E-state index contributed by atoms with van der Waals surface area (Å²) >= 11 is 0. The Morgan fingerprint density at radius 1 is 1.18 bits per heavy atom. The minimum atomic E-state index is -0.308. The summed E-state index contributed by atoms with van der Waals surface area (Å²) in [5, 5.41) is 0. The second-order valence-corrected chi connectivity index (χ2v) is 5.96. The van der Waals surface area contributed by atoms with Gasteiger partial charge in [0.15, 0.2) is 0 Å². The Hall–Kier alpha value is -1.42. The summed E-state index contributed by atoms with van der Waals surface area (Å²) in [5.74, 6) is -0.0221. The molecule has 0 saturated carbocycles. The molecule has 1 aromatic carbocycles. The molecular weight excluding hydrogens is 283 g/mol. The normalized spacial score (nSPS) is 13.9. The van der Waals surface area contributed by atoms with Crippen molar-refractivity contribution in [2.24, 2.45) is 5.92 Å². The molecule has 0 fully saturated rings. The predicted molar refractivity (Wildman–Crippen MR) is 85.3 cm³/mol. The maximum Gasteiger partial charge on any atom is 0.305 e. The minimum Gasteiger partial charge on any atom is -0.462 e. The third kappa shape index (κ3) is 6.56. The summed E-state index contributed by atoms with van der Waals surface area (Å²) in [6.07, 6.45) is 1.02. The molecule has 1 rings (SSSR count). The van der Waals surface area contributed by atoms with Crippen LogP contribution in [-0.4, -0.2) is 25.3 Å². The van der Waals surface area contributed by atoms with Gasteiger partial charge in [-0.25, -0.2) is 4.39 Å². The lowest BCUT2D eigenvalue weighted by Crippen LogP contribution is -2.26. The van der Waals surface area contributed by atoms with Crippen molar-refractivity contribution < 1.29 is 18.7 Å². The summed E-state index contributed by atoms with van der Waals surface area (Å²) in [4.78, 5) is 11.5. The Bertz CT molecular complexity index is 442. The number of carbonyl (C=O) groups is 1. The molecule has 0 saturated heterocycles. The Morgan fingerprint density at radius 2 is 1.82 bits per heavy atom. The molecule has 0 heterocycles. The fourth-order valence-corrected chi connectivity index (χ4v) is 2.11. The van der Waals surface area contributed by atoms with Crippen molar-refractivity contribution in [2.75, 3.05) is 13.2 Å². The third-order valence-corrected chi connectivity index (χ3v) is 3.61. The molecule has 0 aliphatic rings. The van der Waals surface area contributed by atoms with Crippen molar-refractivity contribution >= 4 is 5.97 Å². The number of esters is 1. The van der Waals surface area contributed by atoms with Gasteiger partial charge in [-0.1, -0.05) is 32.9 Å². The molecule has 0 aromatic heterocycles. The molecule has 1 aromatic rings. The number of rotatable bonds is 9. The van der Waals surface area contributed by atoms with Gasteiger partial charge in [-0.3, -0.25) is 4.79 Å². The van der Waals surface area contributed by atoms with Crippen LogP contribution in [0, 0.1) is 11.7 Å². The lowest BCUT2D eigenvalue weighted by atomic mass is 9.95. The Balaban J connectivity index is 2.71. The molecule has 2 atom stereocenters. The van der Waals surface area contributed by atoms with Gasteiger partial charge < -0.3 is 9.47 Å². The van der Waals surface area contributed by atoms with Crippen LogP contribution in [0.25, 0.3) is 0 Å². The fourth-order valence-electron chi connectivity index (χ4n) is 2.11. The molecule has 0 N–H and O–H groups in total. The number of benzene rings is 1. The lowest BCUT2D eigenvalue weighted by Gasteiger charge is -2.24. The first-order valence-corrected chi connectivity index (χ1v) is 7.96.